The fraction of sp³-hybridized carbons (Fsp3) is 0.409. The third kappa shape index (κ3) is 4.47. The van der Waals surface area contributed by atoms with Crippen molar-refractivity contribution in [1.29, 1.82) is 0 Å². The Balaban J connectivity index is 0.00000240. The van der Waals surface area contributed by atoms with Crippen LogP contribution in [0.4, 0.5) is 16.2 Å². The topological polar surface area (TPSA) is 38.8 Å². The molecule has 7 heteroatoms. The van der Waals surface area contributed by atoms with E-state index < -0.39 is 0 Å². The van der Waals surface area contributed by atoms with Gasteiger partial charge in [0, 0.05) is 48.5 Å². The Bertz CT molecular complexity index is 868. The van der Waals surface area contributed by atoms with E-state index in [9.17, 15) is 4.79 Å². The number of fused-ring (bicyclic) bond motifs is 1. The third-order valence-corrected chi connectivity index (χ3v) is 5.77. The molecule has 29 heavy (non-hydrogen) atoms. The summed E-state index contributed by atoms with van der Waals surface area (Å²) in [7, 11) is 0. The monoisotopic (exact) mass is 434 g/mol. The molecule has 5 nitrogen and oxygen atoms in total. The number of hydrogen-bond donors (Lipinski definition) is 1. The minimum atomic E-state index is 0. The molecule has 0 aromatic heterocycles. The number of nitrogens with one attached hydrogen (secondary N) is 1. The van der Waals surface area contributed by atoms with Gasteiger partial charge < -0.3 is 15.1 Å². The van der Waals surface area contributed by atoms with Crippen molar-refractivity contribution in [1.82, 2.24) is 10.2 Å². The lowest BCUT2D eigenvalue weighted by atomic mass is 10.0. The Hall–Kier alpha value is -1.95. The quantitative estimate of drug-likeness (QED) is 0.768. The molecule has 0 spiro atoms. The average Bonchev–Trinajstić information content (AvgIpc) is 2.70. The largest absolute Gasteiger partial charge is 0.369 e. The first-order chi connectivity index (χ1) is 13.5. The number of halogens is 2. The van der Waals surface area contributed by atoms with Crippen LogP contribution in [0.5, 0.6) is 0 Å². The molecule has 0 unspecified atom stereocenters. The summed E-state index contributed by atoms with van der Waals surface area (Å²) in [5.41, 5.74) is 4.52. The summed E-state index contributed by atoms with van der Waals surface area (Å²) < 4.78 is 0. The van der Waals surface area contributed by atoms with Crippen LogP contribution >= 0.6 is 24.0 Å². The smallest absolute Gasteiger partial charge is 0.325 e. The van der Waals surface area contributed by atoms with Crippen molar-refractivity contribution in [2.45, 2.75) is 33.0 Å². The standard InChI is InChI=1S/C22H27ClN4O.ClH/c1-16(2)26-15-19-20(25-11-9-24-10-12-25)7-4-8-21(19)27(22(26)28)14-17-5-3-6-18(23)13-17;/h3-8,13,16,24H,9-12,14-15H2,1-2H3;1H. The fourth-order valence-electron chi connectivity index (χ4n) is 4.05. The Kier molecular flexibility index (Phi) is 6.93. The molecule has 2 aromatic rings. The number of carbonyl (C=O) groups is 1. The number of anilines is 2. The van der Waals surface area contributed by atoms with Crippen molar-refractivity contribution < 1.29 is 4.79 Å². The maximum absolute atomic E-state index is 13.3. The summed E-state index contributed by atoms with van der Waals surface area (Å²) in [4.78, 5) is 19.6. The van der Waals surface area contributed by atoms with Crippen molar-refractivity contribution in [3.05, 3.63) is 58.6 Å². The van der Waals surface area contributed by atoms with Gasteiger partial charge in [0.15, 0.2) is 0 Å². The van der Waals surface area contributed by atoms with Gasteiger partial charge in [-0.25, -0.2) is 4.79 Å². The molecule has 4 rings (SSSR count). The highest BCUT2D eigenvalue weighted by molar-refractivity contribution is 6.30. The Morgan fingerprint density at radius 2 is 1.76 bits per heavy atom. The van der Waals surface area contributed by atoms with Crippen LogP contribution in [0.1, 0.15) is 25.0 Å². The lowest BCUT2D eigenvalue weighted by Crippen LogP contribution is -2.50. The van der Waals surface area contributed by atoms with E-state index in [4.69, 9.17) is 11.6 Å². The van der Waals surface area contributed by atoms with Crippen molar-refractivity contribution in [3.63, 3.8) is 0 Å². The number of nitrogens with zero attached hydrogens (tertiary/aromatic N) is 3. The molecule has 0 aliphatic carbocycles. The molecule has 2 aliphatic heterocycles. The second-order valence-corrected chi connectivity index (χ2v) is 8.17. The molecular weight excluding hydrogens is 407 g/mol. The zero-order valence-electron chi connectivity index (χ0n) is 16.9. The van der Waals surface area contributed by atoms with E-state index in [1.807, 2.05) is 34.1 Å². The molecule has 0 saturated carbocycles. The van der Waals surface area contributed by atoms with Crippen LogP contribution in [0, 0.1) is 0 Å². The predicted molar refractivity (Wildman–Crippen MR) is 122 cm³/mol. The van der Waals surface area contributed by atoms with Gasteiger partial charge in [0.05, 0.1) is 18.8 Å². The van der Waals surface area contributed by atoms with Gasteiger partial charge in [-0.3, -0.25) is 4.90 Å². The lowest BCUT2D eigenvalue weighted by molar-refractivity contribution is 0.182. The van der Waals surface area contributed by atoms with E-state index in [1.165, 1.54) is 11.3 Å². The van der Waals surface area contributed by atoms with Gasteiger partial charge in [-0.2, -0.15) is 0 Å². The van der Waals surface area contributed by atoms with Crippen molar-refractivity contribution in [2.24, 2.45) is 0 Å². The average molecular weight is 435 g/mol. The minimum absolute atomic E-state index is 0. The molecule has 1 saturated heterocycles. The van der Waals surface area contributed by atoms with Crippen molar-refractivity contribution in [3.8, 4) is 0 Å². The summed E-state index contributed by atoms with van der Waals surface area (Å²) >= 11 is 6.18. The maximum Gasteiger partial charge on any atom is 0.325 e. The van der Waals surface area contributed by atoms with Crippen molar-refractivity contribution in [2.75, 3.05) is 36.0 Å². The molecule has 0 bridgehead atoms. The Morgan fingerprint density at radius 1 is 1.07 bits per heavy atom. The van der Waals surface area contributed by atoms with E-state index >= 15 is 0 Å². The van der Waals surface area contributed by atoms with Gasteiger partial charge in [0.25, 0.3) is 0 Å². The Labute approximate surface area is 184 Å². The fourth-order valence-corrected chi connectivity index (χ4v) is 4.26. The summed E-state index contributed by atoms with van der Waals surface area (Å²) in [5.74, 6) is 0. The number of hydrogen-bond acceptors (Lipinski definition) is 3. The number of urea groups is 1. The van der Waals surface area contributed by atoms with Gasteiger partial charge in [-0.15, -0.1) is 12.4 Å². The van der Waals surface area contributed by atoms with Crippen LogP contribution in [0.2, 0.25) is 5.02 Å². The van der Waals surface area contributed by atoms with Crippen LogP contribution < -0.4 is 15.1 Å². The number of piperazine rings is 1. The highest BCUT2D eigenvalue weighted by Crippen LogP contribution is 2.37. The second kappa shape index (κ2) is 9.24. The third-order valence-electron chi connectivity index (χ3n) is 5.53. The lowest BCUT2D eigenvalue weighted by Gasteiger charge is -2.42. The van der Waals surface area contributed by atoms with E-state index in [0.717, 1.165) is 37.4 Å². The number of benzene rings is 2. The number of amides is 2. The molecule has 0 radical (unpaired) electrons. The summed E-state index contributed by atoms with van der Waals surface area (Å²) in [6, 6.07) is 14.3. The van der Waals surface area contributed by atoms with Crippen LogP contribution in [-0.4, -0.2) is 43.2 Å². The van der Waals surface area contributed by atoms with E-state index in [2.05, 4.69) is 42.3 Å². The molecule has 2 heterocycles. The summed E-state index contributed by atoms with van der Waals surface area (Å²) in [6.45, 7) is 9.27. The highest BCUT2D eigenvalue weighted by atomic mass is 35.5. The summed E-state index contributed by atoms with van der Waals surface area (Å²) in [5, 5.41) is 4.11. The molecular formula is C22H28Cl2N4O. The van der Waals surface area contributed by atoms with Gasteiger partial charge in [-0.1, -0.05) is 29.8 Å². The van der Waals surface area contributed by atoms with Gasteiger partial charge in [0.2, 0.25) is 0 Å². The maximum atomic E-state index is 13.3. The molecule has 0 atom stereocenters. The molecule has 1 N–H and O–H groups in total. The van der Waals surface area contributed by atoms with Gasteiger partial charge in [0.1, 0.15) is 0 Å². The van der Waals surface area contributed by atoms with Crippen LogP contribution in [0.25, 0.3) is 0 Å². The first-order valence-corrected chi connectivity index (χ1v) is 10.3. The zero-order valence-corrected chi connectivity index (χ0v) is 18.5. The predicted octanol–water partition coefficient (Wildman–Crippen LogP) is 4.52. The normalized spacial score (nSPS) is 16.7. The van der Waals surface area contributed by atoms with Gasteiger partial charge >= 0.3 is 6.03 Å². The SMILES string of the molecule is CC(C)N1Cc2c(N3CCNCC3)cccc2N(Cc2cccc(Cl)c2)C1=O.Cl. The first-order valence-electron chi connectivity index (χ1n) is 9.94. The number of rotatable bonds is 4. The summed E-state index contributed by atoms with van der Waals surface area (Å²) in [6.07, 6.45) is 0. The molecule has 1 fully saturated rings. The first kappa shape index (κ1) is 21.8. The van der Waals surface area contributed by atoms with E-state index in [0.29, 0.717) is 18.1 Å². The zero-order chi connectivity index (χ0) is 19.7. The molecule has 2 aliphatic rings. The Morgan fingerprint density at radius 3 is 2.45 bits per heavy atom. The van der Waals surface area contributed by atoms with Crippen LogP contribution in [-0.2, 0) is 13.1 Å². The molecule has 156 valence electrons. The van der Waals surface area contributed by atoms with Crippen LogP contribution in [0.15, 0.2) is 42.5 Å². The molecule has 2 amide bonds. The highest BCUT2D eigenvalue weighted by Gasteiger charge is 2.34. The van der Waals surface area contributed by atoms with Crippen LogP contribution in [0.3, 0.4) is 0 Å². The second-order valence-electron chi connectivity index (χ2n) is 7.73. The van der Waals surface area contributed by atoms with Crippen molar-refractivity contribution >= 4 is 41.4 Å². The van der Waals surface area contributed by atoms with E-state index in [-0.39, 0.29) is 24.5 Å². The minimum Gasteiger partial charge on any atom is -0.369 e. The van der Waals surface area contributed by atoms with Gasteiger partial charge in [-0.05, 0) is 43.7 Å². The number of carbonyl (C=O) groups excluding carboxylic acids is 1. The van der Waals surface area contributed by atoms with E-state index in [1.54, 1.807) is 0 Å². The molecule has 2 aromatic carbocycles.